The van der Waals surface area contributed by atoms with Crippen molar-refractivity contribution in [3.63, 3.8) is 0 Å². The molecule has 0 fully saturated rings. The summed E-state index contributed by atoms with van der Waals surface area (Å²) in [6.07, 6.45) is 0.432. The molecule has 0 bridgehead atoms. The Hall–Kier alpha value is -0.770. The highest BCUT2D eigenvalue weighted by Gasteiger charge is 2.21. The van der Waals surface area contributed by atoms with Gasteiger partial charge in [0, 0.05) is 12.0 Å². The maximum absolute atomic E-state index is 10.1. The molecule has 4 nitrogen and oxygen atoms in total. The van der Waals surface area contributed by atoms with Gasteiger partial charge >= 0.3 is 0 Å². The van der Waals surface area contributed by atoms with Gasteiger partial charge in [0.15, 0.2) is 0 Å². The van der Waals surface area contributed by atoms with Gasteiger partial charge in [-0.15, -0.1) is 0 Å². The molecule has 0 heterocycles. The zero-order chi connectivity index (χ0) is 9.61. The summed E-state index contributed by atoms with van der Waals surface area (Å²) in [5.74, 6) is 0. The molecule has 1 amide bonds. The van der Waals surface area contributed by atoms with Crippen molar-refractivity contribution in [1.82, 2.24) is 5.32 Å². The molecule has 4 heteroatoms. The van der Waals surface area contributed by atoms with E-state index in [2.05, 4.69) is 5.32 Å². The van der Waals surface area contributed by atoms with Crippen molar-refractivity contribution < 1.29 is 15.0 Å². The number of nitrogens with one attached hydrogen (secondary N) is 1. The number of aliphatic hydroxyl groups excluding tert-OH is 1. The van der Waals surface area contributed by atoms with E-state index < -0.39 is 6.09 Å². The Morgan fingerprint density at radius 3 is 2.58 bits per heavy atom. The molecule has 0 rings (SSSR count). The second-order valence-corrected chi connectivity index (χ2v) is 3.36. The SMILES string of the molecule is CCCC(C)(CO)CNC(=O)[O-]. The van der Waals surface area contributed by atoms with Crippen LogP contribution in [0.25, 0.3) is 0 Å². The maximum atomic E-state index is 10.1. The lowest BCUT2D eigenvalue weighted by molar-refractivity contribution is -0.251. The summed E-state index contributed by atoms with van der Waals surface area (Å²) < 4.78 is 0. The van der Waals surface area contributed by atoms with Gasteiger partial charge < -0.3 is 20.3 Å². The summed E-state index contributed by atoms with van der Waals surface area (Å²) in [6, 6.07) is 0. The van der Waals surface area contributed by atoms with Crippen molar-refractivity contribution in [2.45, 2.75) is 26.7 Å². The minimum atomic E-state index is -1.29. The molecule has 1 unspecified atom stereocenters. The summed E-state index contributed by atoms with van der Waals surface area (Å²) in [5, 5.41) is 21.2. The summed E-state index contributed by atoms with van der Waals surface area (Å²) >= 11 is 0. The van der Waals surface area contributed by atoms with Gasteiger partial charge in [0.05, 0.1) is 6.61 Å². The highest BCUT2D eigenvalue weighted by atomic mass is 16.4. The van der Waals surface area contributed by atoms with Crippen molar-refractivity contribution in [1.29, 1.82) is 0 Å². The molecule has 72 valence electrons. The molecule has 1 atom stereocenters. The molecule has 12 heavy (non-hydrogen) atoms. The number of hydrogen-bond acceptors (Lipinski definition) is 3. The van der Waals surface area contributed by atoms with Crippen LogP contribution in [0.3, 0.4) is 0 Å². The van der Waals surface area contributed by atoms with Crippen molar-refractivity contribution in [3.8, 4) is 0 Å². The molecule has 2 N–H and O–H groups in total. The molecule has 0 aromatic rings. The molecule has 0 aliphatic heterocycles. The molecule has 0 aromatic carbocycles. The van der Waals surface area contributed by atoms with E-state index >= 15 is 0 Å². The van der Waals surface area contributed by atoms with Crippen LogP contribution in [0.4, 0.5) is 4.79 Å². The lowest BCUT2D eigenvalue weighted by Gasteiger charge is -2.27. The zero-order valence-electron chi connectivity index (χ0n) is 7.59. The fourth-order valence-corrected chi connectivity index (χ4v) is 1.11. The van der Waals surface area contributed by atoms with Crippen LogP contribution in [0, 0.1) is 5.41 Å². The number of aliphatic hydroxyl groups is 1. The lowest BCUT2D eigenvalue weighted by atomic mass is 9.86. The third-order valence-corrected chi connectivity index (χ3v) is 1.89. The highest BCUT2D eigenvalue weighted by Crippen LogP contribution is 2.20. The quantitative estimate of drug-likeness (QED) is 0.602. The van der Waals surface area contributed by atoms with Crippen LogP contribution in [0.15, 0.2) is 0 Å². The molecule has 0 saturated carbocycles. The second kappa shape index (κ2) is 4.98. The predicted octanol–water partition coefficient (Wildman–Crippen LogP) is -0.282. The first-order valence-electron chi connectivity index (χ1n) is 4.10. The first-order chi connectivity index (χ1) is 5.54. The number of amides is 1. The van der Waals surface area contributed by atoms with Crippen molar-refractivity contribution in [2.24, 2.45) is 5.41 Å². The number of hydrogen-bond donors (Lipinski definition) is 2. The monoisotopic (exact) mass is 174 g/mol. The van der Waals surface area contributed by atoms with Crippen molar-refractivity contribution in [3.05, 3.63) is 0 Å². The molecule has 0 spiro atoms. The van der Waals surface area contributed by atoms with Gasteiger partial charge in [-0.1, -0.05) is 20.3 Å². The Kier molecular flexibility index (Phi) is 4.66. The number of carbonyl (C=O) groups is 1. The Morgan fingerprint density at radius 1 is 1.67 bits per heavy atom. The normalized spacial score (nSPS) is 15.2. The molecule has 0 aliphatic rings. The third kappa shape index (κ3) is 4.18. The number of rotatable bonds is 5. The number of carboxylic acid groups (broad SMARTS) is 1. The Bertz CT molecular complexity index is 149. The Balaban J connectivity index is 3.86. The third-order valence-electron chi connectivity index (χ3n) is 1.89. The topological polar surface area (TPSA) is 72.4 Å². The fourth-order valence-electron chi connectivity index (χ4n) is 1.11. The van der Waals surface area contributed by atoms with E-state index in [4.69, 9.17) is 5.11 Å². The van der Waals surface area contributed by atoms with E-state index in [1.54, 1.807) is 0 Å². The highest BCUT2D eigenvalue weighted by molar-refractivity contribution is 5.61. The van der Waals surface area contributed by atoms with Crippen LogP contribution in [0.5, 0.6) is 0 Å². The van der Waals surface area contributed by atoms with E-state index in [9.17, 15) is 9.90 Å². The van der Waals surface area contributed by atoms with Crippen LogP contribution < -0.4 is 10.4 Å². The Labute approximate surface area is 72.6 Å². The van der Waals surface area contributed by atoms with Crippen LogP contribution in [-0.2, 0) is 0 Å². The van der Waals surface area contributed by atoms with Gasteiger partial charge in [-0.3, -0.25) is 0 Å². The van der Waals surface area contributed by atoms with Gasteiger partial charge in [0.2, 0.25) is 0 Å². The van der Waals surface area contributed by atoms with Crippen LogP contribution in [-0.4, -0.2) is 24.4 Å². The predicted molar refractivity (Wildman–Crippen MR) is 43.5 cm³/mol. The minimum Gasteiger partial charge on any atom is -0.530 e. The smallest absolute Gasteiger partial charge is 0.134 e. The molecular formula is C8H16NO3-. The summed E-state index contributed by atoms with van der Waals surface area (Å²) in [6.45, 7) is 4.07. The van der Waals surface area contributed by atoms with E-state index in [1.165, 1.54) is 0 Å². The van der Waals surface area contributed by atoms with E-state index in [0.717, 1.165) is 12.8 Å². The minimum absolute atomic E-state index is 0.0128. The van der Waals surface area contributed by atoms with Gasteiger partial charge in [0.1, 0.15) is 6.09 Å². The molecule has 0 radical (unpaired) electrons. The molecule has 0 aromatic heterocycles. The first-order valence-corrected chi connectivity index (χ1v) is 4.10. The van der Waals surface area contributed by atoms with E-state index in [0.29, 0.717) is 0 Å². The zero-order valence-corrected chi connectivity index (χ0v) is 7.59. The second-order valence-electron chi connectivity index (χ2n) is 3.36. The van der Waals surface area contributed by atoms with Crippen LogP contribution in [0.1, 0.15) is 26.7 Å². The standard InChI is InChI=1S/C8H17NO3/c1-3-4-8(2,6-10)5-9-7(11)12/h9-10H,3-6H2,1-2H3,(H,11,12)/p-1. The summed E-state index contributed by atoms with van der Waals surface area (Å²) in [7, 11) is 0. The summed E-state index contributed by atoms with van der Waals surface area (Å²) in [5.41, 5.74) is -0.352. The molecule has 0 aliphatic carbocycles. The maximum Gasteiger partial charge on any atom is 0.134 e. The number of carbonyl (C=O) groups excluding carboxylic acids is 1. The molecule has 0 saturated heterocycles. The first kappa shape index (κ1) is 11.2. The van der Waals surface area contributed by atoms with Crippen molar-refractivity contribution >= 4 is 6.09 Å². The van der Waals surface area contributed by atoms with Gasteiger partial charge in [-0.25, -0.2) is 0 Å². The van der Waals surface area contributed by atoms with E-state index in [-0.39, 0.29) is 18.6 Å². The average molecular weight is 174 g/mol. The Morgan fingerprint density at radius 2 is 2.25 bits per heavy atom. The van der Waals surface area contributed by atoms with Gasteiger partial charge in [-0.05, 0) is 6.42 Å². The van der Waals surface area contributed by atoms with Gasteiger partial charge in [-0.2, -0.15) is 0 Å². The van der Waals surface area contributed by atoms with Crippen molar-refractivity contribution in [2.75, 3.05) is 13.2 Å². The lowest BCUT2D eigenvalue weighted by Crippen LogP contribution is -2.43. The molecular weight excluding hydrogens is 158 g/mol. The fraction of sp³-hybridized carbons (Fsp3) is 0.875. The average Bonchev–Trinajstić information content (AvgIpc) is 2.02. The van der Waals surface area contributed by atoms with Gasteiger partial charge in [0.25, 0.3) is 0 Å². The largest absolute Gasteiger partial charge is 0.530 e. The van der Waals surface area contributed by atoms with E-state index in [1.807, 2.05) is 13.8 Å². The summed E-state index contributed by atoms with van der Waals surface area (Å²) in [4.78, 5) is 10.1. The van der Waals surface area contributed by atoms with Crippen LogP contribution >= 0.6 is 0 Å². The van der Waals surface area contributed by atoms with Crippen LogP contribution in [0.2, 0.25) is 0 Å².